The Morgan fingerprint density at radius 2 is 1.86 bits per heavy atom. The number of amides is 1. The first-order valence-electron chi connectivity index (χ1n) is 8.57. The highest BCUT2D eigenvalue weighted by Gasteiger charge is 2.43. The second kappa shape index (κ2) is 6.63. The predicted molar refractivity (Wildman–Crippen MR) is 82.0 cm³/mol. The molecule has 3 aliphatic rings. The molecule has 2 aliphatic heterocycles. The molecule has 2 saturated heterocycles. The van der Waals surface area contributed by atoms with E-state index < -0.39 is 0 Å². The Morgan fingerprint density at radius 1 is 1.14 bits per heavy atom. The van der Waals surface area contributed by atoms with Gasteiger partial charge in [0, 0.05) is 44.2 Å². The van der Waals surface area contributed by atoms with Crippen molar-refractivity contribution in [2.75, 3.05) is 39.4 Å². The zero-order valence-corrected chi connectivity index (χ0v) is 13.1. The number of nitrogens with zero attached hydrogens (tertiary/aromatic N) is 2. The van der Waals surface area contributed by atoms with E-state index in [1.54, 1.807) is 0 Å². The predicted octanol–water partition coefficient (Wildman–Crippen LogP) is 0.971. The number of carbonyl (C=O) groups excluding carboxylic acids is 1. The topological polar surface area (TPSA) is 58.8 Å². The smallest absolute Gasteiger partial charge is 0.224 e. The highest BCUT2D eigenvalue weighted by molar-refractivity contribution is 5.78. The summed E-state index contributed by atoms with van der Waals surface area (Å²) in [7, 11) is 0. The number of likely N-dealkylation sites (tertiary alicyclic amines) is 1. The van der Waals surface area contributed by atoms with Crippen molar-refractivity contribution in [3.63, 3.8) is 0 Å². The highest BCUT2D eigenvalue weighted by Crippen LogP contribution is 2.39. The molecule has 5 heteroatoms. The summed E-state index contributed by atoms with van der Waals surface area (Å²) in [6, 6.07) is 0.278. The van der Waals surface area contributed by atoms with Crippen LogP contribution < -0.4 is 5.73 Å². The van der Waals surface area contributed by atoms with Crippen molar-refractivity contribution in [3.8, 4) is 0 Å². The first-order valence-corrected chi connectivity index (χ1v) is 8.57. The fraction of sp³-hybridized carbons (Fsp3) is 0.938. The van der Waals surface area contributed by atoms with E-state index in [1.807, 2.05) is 0 Å². The molecule has 2 N–H and O–H groups in total. The second-order valence-corrected chi connectivity index (χ2v) is 6.83. The molecule has 0 aromatic rings. The van der Waals surface area contributed by atoms with Crippen LogP contribution >= 0.6 is 0 Å². The molecule has 1 unspecified atom stereocenters. The van der Waals surface area contributed by atoms with Crippen LogP contribution in [-0.4, -0.2) is 66.7 Å². The molecule has 2 heterocycles. The maximum Gasteiger partial charge on any atom is 0.224 e. The van der Waals surface area contributed by atoms with E-state index in [1.165, 1.54) is 25.7 Å². The molecule has 0 aromatic heterocycles. The van der Waals surface area contributed by atoms with Crippen LogP contribution in [0.5, 0.6) is 0 Å². The van der Waals surface area contributed by atoms with E-state index in [0.29, 0.717) is 18.9 Å². The van der Waals surface area contributed by atoms with Crippen LogP contribution in [0.15, 0.2) is 0 Å². The molecule has 0 aromatic carbocycles. The summed E-state index contributed by atoms with van der Waals surface area (Å²) in [5.74, 6) is 0.330. The SMILES string of the molecule is NCC1CCCN1C(=O)CC1(N2CCOCC2)CCCC1. The van der Waals surface area contributed by atoms with Crippen molar-refractivity contribution in [2.45, 2.75) is 56.5 Å². The van der Waals surface area contributed by atoms with E-state index in [2.05, 4.69) is 9.80 Å². The van der Waals surface area contributed by atoms with Crippen molar-refractivity contribution in [3.05, 3.63) is 0 Å². The Morgan fingerprint density at radius 3 is 2.52 bits per heavy atom. The second-order valence-electron chi connectivity index (χ2n) is 6.83. The lowest BCUT2D eigenvalue weighted by atomic mass is 9.89. The fourth-order valence-electron chi connectivity index (χ4n) is 4.47. The van der Waals surface area contributed by atoms with Gasteiger partial charge in [-0.3, -0.25) is 9.69 Å². The first-order chi connectivity index (χ1) is 10.2. The third-order valence-corrected chi connectivity index (χ3v) is 5.67. The molecule has 5 nitrogen and oxygen atoms in total. The lowest BCUT2D eigenvalue weighted by Gasteiger charge is -2.44. The molecule has 3 fully saturated rings. The number of rotatable bonds is 4. The number of nitrogens with two attached hydrogens (primary N) is 1. The summed E-state index contributed by atoms with van der Waals surface area (Å²) in [5.41, 5.74) is 5.92. The van der Waals surface area contributed by atoms with Gasteiger partial charge in [0.15, 0.2) is 0 Å². The quantitative estimate of drug-likeness (QED) is 0.839. The van der Waals surface area contributed by atoms with Gasteiger partial charge in [-0.1, -0.05) is 12.8 Å². The molecule has 1 saturated carbocycles. The summed E-state index contributed by atoms with van der Waals surface area (Å²) >= 11 is 0. The van der Waals surface area contributed by atoms with Gasteiger partial charge in [-0.05, 0) is 25.7 Å². The number of carbonyl (C=O) groups is 1. The van der Waals surface area contributed by atoms with Crippen molar-refractivity contribution < 1.29 is 9.53 Å². The van der Waals surface area contributed by atoms with Gasteiger partial charge in [-0.25, -0.2) is 0 Å². The maximum absolute atomic E-state index is 12.8. The minimum absolute atomic E-state index is 0.0998. The van der Waals surface area contributed by atoms with Gasteiger partial charge in [-0.2, -0.15) is 0 Å². The molecule has 1 aliphatic carbocycles. The highest BCUT2D eigenvalue weighted by atomic mass is 16.5. The lowest BCUT2D eigenvalue weighted by Crippen LogP contribution is -2.54. The first kappa shape index (κ1) is 15.3. The van der Waals surface area contributed by atoms with Crippen LogP contribution in [0.4, 0.5) is 0 Å². The van der Waals surface area contributed by atoms with Gasteiger partial charge in [0.2, 0.25) is 5.91 Å². The van der Waals surface area contributed by atoms with Gasteiger partial charge in [0.05, 0.1) is 13.2 Å². The van der Waals surface area contributed by atoms with Crippen LogP contribution in [0.2, 0.25) is 0 Å². The number of hydrogen-bond acceptors (Lipinski definition) is 4. The molecule has 0 radical (unpaired) electrons. The Kier molecular flexibility index (Phi) is 4.82. The molecular formula is C16H29N3O2. The summed E-state index contributed by atoms with van der Waals surface area (Å²) in [5, 5.41) is 0. The Hall–Kier alpha value is -0.650. The average molecular weight is 295 g/mol. The van der Waals surface area contributed by atoms with Crippen LogP contribution in [0.1, 0.15) is 44.9 Å². The zero-order valence-electron chi connectivity index (χ0n) is 13.1. The van der Waals surface area contributed by atoms with Crippen molar-refractivity contribution in [1.82, 2.24) is 9.80 Å². The van der Waals surface area contributed by atoms with E-state index in [4.69, 9.17) is 10.5 Å². The Bertz CT molecular complexity index is 363. The van der Waals surface area contributed by atoms with Gasteiger partial charge in [-0.15, -0.1) is 0 Å². The van der Waals surface area contributed by atoms with Crippen LogP contribution in [0.3, 0.4) is 0 Å². The van der Waals surface area contributed by atoms with Crippen molar-refractivity contribution in [1.29, 1.82) is 0 Å². The average Bonchev–Trinajstić information content (AvgIpc) is 3.17. The lowest BCUT2D eigenvalue weighted by molar-refractivity contribution is -0.136. The summed E-state index contributed by atoms with van der Waals surface area (Å²) in [4.78, 5) is 17.4. The van der Waals surface area contributed by atoms with Crippen molar-refractivity contribution >= 4 is 5.91 Å². The molecule has 21 heavy (non-hydrogen) atoms. The molecule has 1 atom stereocenters. The van der Waals surface area contributed by atoms with E-state index in [0.717, 1.165) is 45.7 Å². The molecular weight excluding hydrogens is 266 g/mol. The van der Waals surface area contributed by atoms with E-state index in [9.17, 15) is 4.79 Å². The minimum atomic E-state index is 0.0998. The summed E-state index contributed by atoms with van der Waals surface area (Å²) in [6.45, 7) is 5.09. The van der Waals surface area contributed by atoms with Crippen LogP contribution in [0, 0.1) is 0 Å². The van der Waals surface area contributed by atoms with Gasteiger partial charge >= 0.3 is 0 Å². The normalized spacial score (nSPS) is 30.0. The standard InChI is InChI=1S/C16H29N3O2/c17-13-14-4-3-7-19(14)15(20)12-16(5-1-2-6-16)18-8-10-21-11-9-18/h14H,1-13,17H2. The largest absolute Gasteiger partial charge is 0.379 e. The van der Waals surface area contributed by atoms with Gasteiger partial charge in [0.25, 0.3) is 0 Å². The van der Waals surface area contributed by atoms with E-state index >= 15 is 0 Å². The third-order valence-electron chi connectivity index (χ3n) is 5.67. The Balaban J connectivity index is 1.68. The fourth-order valence-corrected chi connectivity index (χ4v) is 4.47. The number of ether oxygens (including phenoxy) is 1. The van der Waals surface area contributed by atoms with Crippen LogP contribution in [0.25, 0.3) is 0 Å². The molecule has 1 amide bonds. The maximum atomic E-state index is 12.8. The molecule has 0 bridgehead atoms. The van der Waals surface area contributed by atoms with Crippen LogP contribution in [-0.2, 0) is 9.53 Å². The van der Waals surface area contributed by atoms with Gasteiger partial charge in [0.1, 0.15) is 0 Å². The van der Waals surface area contributed by atoms with Crippen molar-refractivity contribution in [2.24, 2.45) is 5.73 Å². The van der Waals surface area contributed by atoms with Gasteiger partial charge < -0.3 is 15.4 Å². The molecule has 120 valence electrons. The van der Waals surface area contributed by atoms with E-state index in [-0.39, 0.29) is 11.6 Å². The number of hydrogen-bond donors (Lipinski definition) is 1. The Labute approximate surface area is 127 Å². The molecule has 3 rings (SSSR count). The zero-order chi connectivity index (χ0) is 14.7. The summed E-state index contributed by atoms with van der Waals surface area (Å²) in [6.07, 6.45) is 7.71. The molecule has 0 spiro atoms. The summed E-state index contributed by atoms with van der Waals surface area (Å²) < 4.78 is 5.49. The number of morpholine rings is 1. The monoisotopic (exact) mass is 295 g/mol. The minimum Gasteiger partial charge on any atom is -0.379 e. The third kappa shape index (κ3) is 3.10.